The van der Waals surface area contributed by atoms with Gasteiger partial charge in [0.15, 0.2) is 0 Å². The fourth-order valence-corrected chi connectivity index (χ4v) is 5.39. The zero-order chi connectivity index (χ0) is 20.2. The van der Waals surface area contributed by atoms with E-state index >= 15 is 0 Å². The lowest BCUT2D eigenvalue weighted by Crippen LogP contribution is -2.44. The Bertz CT molecular complexity index is 992. The smallest absolute Gasteiger partial charge is 0.261 e. The largest absolute Gasteiger partial charge is 0.350 e. The molecule has 3 fully saturated rings. The summed E-state index contributed by atoms with van der Waals surface area (Å²) in [7, 11) is 0. The van der Waals surface area contributed by atoms with Crippen LogP contribution in [0.15, 0.2) is 58.6 Å². The van der Waals surface area contributed by atoms with Crippen molar-refractivity contribution in [2.75, 3.05) is 19.6 Å². The average Bonchev–Trinajstić information content (AvgIpc) is 3.08. The number of rotatable bonds is 3. The van der Waals surface area contributed by atoms with E-state index in [-0.39, 0.29) is 23.9 Å². The third-order valence-corrected chi connectivity index (χ3v) is 7.28. The maximum absolute atomic E-state index is 13.1. The third kappa shape index (κ3) is 2.77. The molecule has 1 saturated carbocycles. The van der Waals surface area contributed by atoms with Crippen molar-refractivity contribution in [2.24, 2.45) is 4.99 Å². The molecular formula is C24H26N4O2. The monoisotopic (exact) mass is 402 g/mol. The van der Waals surface area contributed by atoms with E-state index in [1.165, 1.54) is 24.2 Å². The Morgan fingerprint density at radius 2 is 1.70 bits per heavy atom. The normalized spacial score (nSPS) is 28.9. The second-order valence-corrected chi connectivity index (χ2v) is 8.93. The lowest BCUT2D eigenvalue weighted by Gasteiger charge is -2.37. The Morgan fingerprint density at radius 1 is 0.933 bits per heavy atom. The van der Waals surface area contributed by atoms with Crippen molar-refractivity contribution in [3.8, 4) is 0 Å². The number of aliphatic imine (C=N–C) groups is 1. The van der Waals surface area contributed by atoms with E-state index in [0.717, 1.165) is 43.5 Å². The number of nitrogens with zero attached hydrogens (tertiary/aromatic N) is 4. The molecule has 2 aliphatic carbocycles. The fraction of sp³-hybridized carbons (Fsp3) is 0.458. The van der Waals surface area contributed by atoms with Crippen LogP contribution in [-0.4, -0.2) is 70.1 Å². The van der Waals surface area contributed by atoms with Crippen molar-refractivity contribution in [1.82, 2.24) is 14.7 Å². The van der Waals surface area contributed by atoms with Gasteiger partial charge in [0.2, 0.25) is 0 Å². The average molecular weight is 402 g/mol. The second kappa shape index (κ2) is 6.91. The molecule has 6 nitrogen and oxygen atoms in total. The minimum Gasteiger partial charge on any atom is -0.350 e. The zero-order valence-electron chi connectivity index (χ0n) is 17.0. The second-order valence-electron chi connectivity index (χ2n) is 8.93. The molecule has 2 unspecified atom stereocenters. The summed E-state index contributed by atoms with van der Waals surface area (Å²) in [5.41, 5.74) is 2.06. The van der Waals surface area contributed by atoms with E-state index < -0.39 is 0 Å². The van der Waals surface area contributed by atoms with Gasteiger partial charge in [0.05, 0.1) is 29.8 Å². The molecule has 1 aromatic rings. The van der Waals surface area contributed by atoms with E-state index in [4.69, 9.17) is 4.99 Å². The fourth-order valence-electron chi connectivity index (χ4n) is 5.39. The number of imide groups is 1. The summed E-state index contributed by atoms with van der Waals surface area (Å²) in [6, 6.07) is 10.4. The number of likely N-dealkylation sites (tertiary alicyclic amines) is 1. The van der Waals surface area contributed by atoms with Gasteiger partial charge in [-0.1, -0.05) is 36.8 Å². The van der Waals surface area contributed by atoms with Crippen molar-refractivity contribution in [3.63, 3.8) is 0 Å². The number of fused-ring (bicyclic) bond motifs is 4. The minimum atomic E-state index is -0.188. The number of benzene rings is 1. The van der Waals surface area contributed by atoms with Crippen LogP contribution in [0.2, 0.25) is 0 Å². The number of hydrogen-bond acceptors (Lipinski definition) is 5. The van der Waals surface area contributed by atoms with Crippen LogP contribution in [0.25, 0.3) is 0 Å². The number of hydrogen-bond donors (Lipinski definition) is 0. The molecule has 0 N–H and O–H groups in total. The number of carbonyl (C=O) groups is 2. The molecule has 2 saturated heterocycles. The summed E-state index contributed by atoms with van der Waals surface area (Å²) < 4.78 is 0. The summed E-state index contributed by atoms with van der Waals surface area (Å²) in [5, 5.41) is 0. The Labute approximate surface area is 176 Å². The van der Waals surface area contributed by atoms with E-state index in [1.807, 2.05) is 42.5 Å². The molecule has 5 aliphatic rings. The first-order valence-electron chi connectivity index (χ1n) is 11.1. The predicted molar refractivity (Wildman–Crippen MR) is 114 cm³/mol. The van der Waals surface area contributed by atoms with Crippen molar-refractivity contribution in [1.29, 1.82) is 0 Å². The summed E-state index contributed by atoms with van der Waals surface area (Å²) in [4.78, 5) is 37.4. The lowest BCUT2D eigenvalue weighted by molar-refractivity contribution is -0.137. The molecule has 6 heteroatoms. The summed E-state index contributed by atoms with van der Waals surface area (Å²) >= 11 is 0. The maximum atomic E-state index is 13.1. The molecule has 2 atom stereocenters. The Balaban J connectivity index is 1.25. The van der Waals surface area contributed by atoms with Crippen LogP contribution >= 0.6 is 0 Å². The summed E-state index contributed by atoms with van der Waals surface area (Å²) in [6.45, 7) is 3.38. The molecule has 2 amide bonds. The molecule has 0 aromatic heterocycles. The van der Waals surface area contributed by atoms with Crippen LogP contribution in [0.5, 0.6) is 0 Å². The molecule has 3 aliphatic heterocycles. The van der Waals surface area contributed by atoms with E-state index in [1.54, 1.807) is 0 Å². The van der Waals surface area contributed by atoms with Gasteiger partial charge in [-0.05, 0) is 30.6 Å². The Kier molecular flexibility index (Phi) is 4.16. The van der Waals surface area contributed by atoms with Crippen molar-refractivity contribution >= 4 is 17.6 Å². The van der Waals surface area contributed by atoms with E-state index in [0.29, 0.717) is 17.7 Å². The van der Waals surface area contributed by atoms with Crippen LogP contribution in [0, 0.1) is 0 Å². The van der Waals surface area contributed by atoms with E-state index in [9.17, 15) is 9.59 Å². The number of amidine groups is 1. The molecule has 0 spiro atoms. The van der Waals surface area contributed by atoms with Crippen LogP contribution < -0.4 is 0 Å². The Morgan fingerprint density at radius 3 is 2.43 bits per heavy atom. The van der Waals surface area contributed by atoms with Gasteiger partial charge >= 0.3 is 0 Å². The lowest BCUT2D eigenvalue weighted by atomic mass is 9.91. The standard InChI is InChI=1S/C24H26N4O2/c29-23-18-13-20-21(14-19(18)24(30)28(23)15-16-5-2-1-3-6-16)27-12-11-26(17-7-4-8-17)10-9-22(27)25-20/h1-3,5-6,13-14,17,20-21H,4,7-12,15H2. The van der Waals surface area contributed by atoms with Crippen LogP contribution in [-0.2, 0) is 16.1 Å². The van der Waals surface area contributed by atoms with Gasteiger partial charge in [-0.3, -0.25) is 24.4 Å². The van der Waals surface area contributed by atoms with E-state index in [2.05, 4.69) is 9.80 Å². The molecule has 154 valence electrons. The summed E-state index contributed by atoms with van der Waals surface area (Å²) in [5.74, 6) is 0.779. The first-order valence-corrected chi connectivity index (χ1v) is 11.1. The molecule has 1 aromatic carbocycles. The SMILES string of the molecule is O=C1C2=CC3N=C4CCN(C5CCC5)CCN4C3C=C2C(=O)N1Cc1ccccc1. The number of amides is 2. The van der Waals surface area contributed by atoms with Gasteiger partial charge in [0.1, 0.15) is 5.84 Å². The molecule has 30 heavy (non-hydrogen) atoms. The molecule has 6 rings (SSSR count). The quantitative estimate of drug-likeness (QED) is 0.727. The minimum absolute atomic E-state index is 0.0533. The van der Waals surface area contributed by atoms with Gasteiger partial charge in [0, 0.05) is 32.1 Å². The van der Waals surface area contributed by atoms with Gasteiger partial charge in [0.25, 0.3) is 11.8 Å². The first-order chi connectivity index (χ1) is 14.7. The van der Waals surface area contributed by atoms with Crippen molar-refractivity contribution < 1.29 is 9.59 Å². The third-order valence-electron chi connectivity index (χ3n) is 7.28. The maximum Gasteiger partial charge on any atom is 0.261 e. The predicted octanol–water partition coefficient (Wildman–Crippen LogP) is 2.13. The van der Waals surface area contributed by atoms with Gasteiger partial charge in [-0.2, -0.15) is 0 Å². The highest BCUT2D eigenvalue weighted by Crippen LogP contribution is 2.37. The number of carbonyl (C=O) groups excluding carboxylic acids is 2. The molecule has 0 bridgehead atoms. The zero-order valence-corrected chi connectivity index (χ0v) is 17.0. The van der Waals surface area contributed by atoms with Crippen molar-refractivity contribution in [3.05, 3.63) is 59.2 Å². The highest BCUT2D eigenvalue weighted by atomic mass is 16.2. The van der Waals surface area contributed by atoms with Gasteiger partial charge in [-0.15, -0.1) is 0 Å². The van der Waals surface area contributed by atoms with Crippen molar-refractivity contribution in [2.45, 2.75) is 50.4 Å². The van der Waals surface area contributed by atoms with Crippen LogP contribution in [0.3, 0.4) is 0 Å². The van der Waals surface area contributed by atoms with Crippen LogP contribution in [0.4, 0.5) is 0 Å². The molecular weight excluding hydrogens is 376 g/mol. The Hall–Kier alpha value is -2.73. The van der Waals surface area contributed by atoms with Gasteiger partial charge < -0.3 is 4.90 Å². The topological polar surface area (TPSA) is 56.2 Å². The summed E-state index contributed by atoms with van der Waals surface area (Å²) in [6.07, 6.45) is 8.91. The molecule has 0 radical (unpaired) electrons. The highest BCUT2D eigenvalue weighted by molar-refractivity contribution is 6.25. The van der Waals surface area contributed by atoms with Gasteiger partial charge in [-0.25, -0.2) is 0 Å². The van der Waals surface area contributed by atoms with Crippen LogP contribution in [0.1, 0.15) is 31.2 Å². The first kappa shape index (κ1) is 18.1. The highest BCUT2D eigenvalue weighted by Gasteiger charge is 2.46. The molecule has 3 heterocycles.